The third-order valence-electron chi connectivity index (χ3n) is 0. The summed E-state index contributed by atoms with van der Waals surface area (Å²) in [6, 6.07) is 0. The van der Waals surface area contributed by atoms with Crippen molar-refractivity contribution in [2.75, 3.05) is 0 Å². The molecule has 9 heavy (non-hydrogen) atoms. The van der Waals surface area contributed by atoms with E-state index in [2.05, 4.69) is 0 Å². The van der Waals surface area contributed by atoms with Crippen molar-refractivity contribution in [3.05, 3.63) is 0 Å². The van der Waals surface area contributed by atoms with E-state index in [0.29, 0.717) is 0 Å². The molecule has 0 heterocycles. The third kappa shape index (κ3) is 191. The van der Waals surface area contributed by atoms with Crippen LogP contribution in [0.3, 0.4) is 0 Å². The Bertz CT molecular complexity index is 72.8. The van der Waals surface area contributed by atoms with Gasteiger partial charge >= 0.3 is 50.4 Å². The van der Waals surface area contributed by atoms with Gasteiger partial charge in [-0.05, 0) is 0 Å². The Labute approximate surface area is 86.5 Å². The van der Waals surface area contributed by atoms with Gasteiger partial charge in [-0.3, -0.25) is 0 Å². The van der Waals surface area contributed by atoms with Crippen LogP contribution in [-0.2, 0) is 45.7 Å². The Morgan fingerprint density at radius 1 is 1.11 bits per heavy atom. The molecule has 0 aliphatic carbocycles. The molecule has 0 saturated carbocycles. The zero-order valence-electron chi connectivity index (χ0n) is 3.51. The van der Waals surface area contributed by atoms with Crippen molar-refractivity contribution < 1.29 is 60.3 Å². The standard InChI is InChI=1S/Cr.Li.H3O4P.O.Ti.H/c;;1-5(2,3)4;;;/h;;(H3,1,2,3,4);;;. The van der Waals surface area contributed by atoms with Gasteiger partial charge in [0.1, 0.15) is 0 Å². The van der Waals surface area contributed by atoms with Crippen molar-refractivity contribution >= 4 is 26.7 Å². The van der Waals surface area contributed by atoms with E-state index in [9.17, 15) is 0 Å². The zero-order valence-corrected chi connectivity index (χ0v) is 7.24. The van der Waals surface area contributed by atoms with Gasteiger partial charge in [0, 0.05) is 17.4 Å². The number of hydrogen-bond donors (Lipinski definition) is 3. The minimum absolute atomic E-state index is 0. The average Bonchev–Trinajstić information content (AvgIpc) is 1.36. The first-order valence-electron chi connectivity index (χ1n) is 0.987. The van der Waals surface area contributed by atoms with E-state index in [1.807, 2.05) is 0 Å². The summed E-state index contributed by atoms with van der Waals surface area (Å²) in [6.45, 7) is 0. The Morgan fingerprint density at radius 2 is 1.11 bits per heavy atom. The first-order chi connectivity index (χ1) is 3.00. The van der Waals surface area contributed by atoms with Crippen molar-refractivity contribution in [2.24, 2.45) is 0 Å². The minimum atomic E-state index is -4.64. The number of rotatable bonds is 0. The first kappa shape index (κ1) is 22.4. The van der Waals surface area contributed by atoms with Crippen LogP contribution in [-0.4, -0.2) is 33.5 Å². The fraction of sp³-hybridized carbons (Fsp3) is 0. The van der Waals surface area contributed by atoms with Crippen LogP contribution < -0.4 is 0 Å². The molecule has 9 heteroatoms. The van der Waals surface area contributed by atoms with Crippen LogP contribution in [0.1, 0.15) is 0 Å². The molecular formula is H4CrLiO5PTi. The molecule has 0 amide bonds. The Balaban J connectivity index is -0.0000000286. The van der Waals surface area contributed by atoms with E-state index < -0.39 is 7.82 Å². The van der Waals surface area contributed by atoms with E-state index in [1.54, 1.807) is 0 Å². The van der Waals surface area contributed by atoms with Gasteiger partial charge in [-0.25, -0.2) is 4.57 Å². The zero-order chi connectivity index (χ0) is 6.50. The molecule has 0 radical (unpaired) electrons. The summed E-state index contributed by atoms with van der Waals surface area (Å²) in [5.41, 5.74) is 0. The van der Waals surface area contributed by atoms with Crippen LogP contribution in [0.4, 0.5) is 0 Å². The quantitative estimate of drug-likeness (QED) is 0.335. The molecule has 50 valence electrons. The van der Waals surface area contributed by atoms with Crippen LogP contribution in [0, 0.1) is 0 Å². The predicted octanol–water partition coefficient (Wildman–Crippen LogP) is -1.70. The van der Waals surface area contributed by atoms with Crippen LogP contribution in [0.5, 0.6) is 0 Å². The van der Waals surface area contributed by atoms with Gasteiger partial charge in [0.05, 0.1) is 0 Å². The monoisotopic (exact) mass is 222 g/mol. The maximum atomic E-state index is 8.88. The van der Waals surface area contributed by atoms with Crippen molar-refractivity contribution in [3.8, 4) is 0 Å². The number of hydrogen-bond acceptors (Lipinski definition) is 2. The van der Waals surface area contributed by atoms with Crippen LogP contribution in [0.15, 0.2) is 0 Å². The first-order valence-corrected chi connectivity index (χ1v) is 3.19. The fourth-order valence-electron chi connectivity index (χ4n) is 0. The van der Waals surface area contributed by atoms with Gasteiger partial charge in [0.15, 0.2) is 0 Å². The summed E-state index contributed by atoms with van der Waals surface area (Å²) < 4.78 is 17.1. The van der Waals surface area contributed by atoms with E-state index in [4.69, 9.17) is 22.6 Å². The fourth-order valence-corrected chi connectivity index (χ4v) is 0. The van der Waals surface area contributed by atoms with Gasteiger partial charge in [-0.2, -0.15) is 0 Å². The molecule has 0 unspecified atom stereocenters. The van der Waals surface area contributed by atoms with Crippen molar-refractivity contribution in [1.29, 1.82) is 0 Å². The summed E-state index contributed by atoms with van der Waals surface area (Å²) in [5.74, 6) is 0. The van der Waals surface area contributed by atoms with Gasteiger partial charge in [-0.1, -0.05) is 0 Å². The number of phosphoric acid groups is 1. The van der Waals surface area contributed by atoms with E-state index in [1.165, 1.54) is 0 Å². The Kier molecular flexibility index (Phi) is 31.0. The van der Waals surface area contributed by atoms with Gasteiger partial charge < -0.3 is 14.7 Å². The molecule has 0 rings (SSSR count). The van der Waals surface area contributed by atoms with E-state index >= 15 is 0 Å². The molecule has 0 spiro atoms. The predicted molar refractivity (Wildman–Crippen MR) is 22.1 cm³/mol. The van der Waals surface area contributed by atoms with Crippen LogP contribution in [0.2, 0.25) is 0 Å². The molecule has 0 saturated heterocycles. The van der Waals surface area contributed by atoms with E-state index in [-0.39, 0.29) is 36.2 Å². The molecular weight excluding hydrogens is 218 g/mol. The molecule has 0 atom stereocenters. The second kappa shape index (κ2) is 12.4. The van der Waals surface area contributed by atoms with Crippen LogP contribution >= 0.6 is 7.82 Å². The van der Waals surface area contributed by atoms with E-state index in [0.717, 1.165) is 20.4 Å². The van der Waals surface area contributed by atoms with Gasteiger partial charge in [0.25, 0.3) is 0 Å². The second-order valence-corrected chi connectivity index (χ2v) is 1.54. The molecule has 0 aliphatic rings. The summed E-state index contributed by atoms with van der Waals surface area (Å²) in [7, 11) is -4.64. The van der Waals surface area contributed by atoms with Gasteiger partial charge in [0.2, 0.25) is 0 Å². The second-order valence-electron chi connectivity index (χ2n) is 0.513. The van der Waals surface area contributed by atoms with Crippen molar-refractivity contribution in [2.45, 2.75) is 0 Å². The molecule has 3 N–H and O–H groups in total. The molecule has 0 fully saturated rings. The third-order valence-corrected chi connectivity index (χ3v) is 0. The molecule has 0 aromatic rings. The Hall–Kier alpha value is 1.75. The molecule has 0 aliphatic heterocycles. The molecule has 0 aromatic carbocycles. The summed E-state index contributed by atoms with van der Waals surface area (Å²) in [5, 5.41) is 0. The van der Waals surface area contributed by atoms with Gasteiger partial charge in [-0.15, -0.1) is 0 Å². The molecule has 0 aromatic heterocycles. The normalized spacial score (nSPS) is 6.89. The Morgan fingerprint density at radius 3 is 1.11 bits per heavy atom. The molecule has 0 bridgehead atoms. The SMILES string of the molecule is O=P(O)(O)O.[Cr].[LiH].[O]=[Ti]. The van der Waals surface area contributed by atoms with Crippen molar-refractivity contribution in [1.82, 2.24) is 0 Å². The summed E-state index contributed by atoms with van der Waals surface area (Å²) in [4.78, 5) is 21.6. The average molecular weight is 222 g/mol. The molecule has 5 nitrogen and oxygen atoms in total. The maximum absolute atomic E-state index is 8.88. The summed E-state index contributed by atoms with van der Waals surface area (Å²) >= 11 is 0.750. The van der Waals surface area contributed by atoms with Crippen LogP contribution in [0.25, 0.3) is 0 Å². The topological polar surface area (TPSA) is 94.8 Å². The summed E-state index contributed by atoms with van der Waals surface area (Å²) in [6.07, 6.45) is 0. The van der Waals surface area contributed by atoms with Crippen molar-refractivity contribution in [3.63, 3.8) is 0 Å².